The van der Waals surface area contributed by atoms with E-state index >= 15 is 0 Å². The van der Waals surface area contributed by atoms with Crippen LogP contribution in [0, 0.1) is 5.92 Å². The molecule has 2 atom stereocenters. The SMILES string of the molecule is COc1ccc(C(=O)NC(C)C2CCOC2)cc1N. The Morgan fingerprint density at radius 3 is 2.95 bits per heavy atom. The molecule has 1 aliphatic rings. The molecule has 0 aliphatic carbocycles. The van der Waals surface area contributed by atoms with Gasteiger partial charge < -0.3 is 20.5 Å². The molecule has 0 bridgehead atoms. The van der Waals surface area contributed by atoms with Crippen molar-refractivity contribution >= 4 is 11.6 Å². The summed E-state index contributed by atoms with van der Waals surface area (Å²) in [6.07, 6.45) is 0.992. The van der Waals surface area contributed by atoms with E-state index in [2.05, 4.69) is 5.32 Å². The van der Waals surface area contributed by atoms with Gasteiger partial charge in [0.25, 0.3) is 5.91 Å². The van der Waals surface area contributed by atoms with Crippen molar-refractivity contribution in [2.75, 3.05) is 26.1 Å². The molecule has 1 fully saturated rings. The third-order valence-electron chi connectivity index (χ3n) is 3.52. The first-order valence-corrected chi connectivity index (χ1v) is 6.44. The van der Waals surface area contributed by atoms with Crippen LogP contribution in [0.3, 0.4) is 0 Å². The minimum absolute atomic E-state index is 0.0957. The third kappa shape index (κ3) is 3.17. The largest absolute Gasteiger partial charge is 0.495 e. The van der Waals surface area contributed by atoms with Gasteiger partial charge in [-0.3, -0.25) is 4.79 Å². The monoisotopic (exact) mass is 264 g/mol. The van der Waals surface area contributed by atoms with Crippen molar-refractivity contribution < 1.29 is 14.3 Å². The number of carbonyl (C=O) groups is 1. The highest BCUT2D eigenvalue weighted by molar-refractivity contribution is 5.95. The number of anilines is 1. The zero-order valence-electron chi connectivity index (χ0n) is 11.3. The van der Waals surface area contributed by atoms with E-state index in [1.54, 1.807) is 25.3 Å². The van der Waals surface area contributed by atoms with Crippen LogP contribution >= 0.6 is 0 Å². The highest BCUT2D eigenvalue weighted by Gasteiger charge is 2.24. The molecular formula is C14H20N2O3. The summed E-state index contributed by atoms with van der Waals surface area (Å²) in [5, 5.41) is 2.99. The van der Waals surface area contributed by atoms with Gasteiger partial charge in [-0.2, -0.15) is 0 Å². The maximum Gasteiger partial charge on any atom is 0.251 e. The Morgan fingerprint density at radius 2 is 2.37 bits per heavy atom. The Morgan fingerprint density at radius 1 is 1.58 bits per heavy atom. The van der Waals surface area contributed by atoms with Gasteiger partial charge in [0.15, 0.2) is 0 Å². The van der Waals surface area contributed by atoms with Crippen molar-refractivity contribution in [2.24, 2.45) is 5.92 Å². The van der Waals surface area contributed by atoms with E-state index < -0.39 is 0 Å². The highest BCUT2D eigenvalue weighted by atomic mass is 16.5. The van der Waals surface area contributed by atoms with Crippen molar-refractivity contribution in [2.45, 2.75) is 19.4 Å². The van der Waals surface area contributed by atoms with Gasteiger partial charge in [0.1, 0.15) is 5.75 Å². The molecule has 0 radical (unpaired) electrons. The van der Waals surface area contributed by atoms with Gasteiger partial charge in [0.05, 0.1) is 19.4 Å². The molecule has 1 aromatic carbocycles. The predicted octanol–water partition coefficient (Wildman–Crippen LogP) is 1.43. The van der Waals surface area contributed by atoms with Gasteiger partial charge in [-0.15, -0.1) is 0 Å². The zero-order valence-corrected chi connectivity index (χ0v) is 11.3. The third-order valence-corrected chi connectivity index (χ3v) is 3.52. The van der Waals surface area contributed by atoms with Gasteiger partial charge in [0.2, 0.25) is 0 Å². The van der Waals surface area contributed by atoms with Crippen LogP contribution in [0.2, 0.25) is 0 Å². The lowest BCUT2D eigenvalue weighted by atomic mass is 10.0. The number of carbonyl (C=O) groups excluding carboxylic acids is 1. The van der Waals surface area contributed by atoms with E-state index in [-0.39, 0.29) is 11.9 Å². The molecule has 1 aliphatic heterocycles. The molecule has 0 aromatic heterocycles. The number of nitrogens with one attached hydrogen (secondary N) is 1. The molecule has 3 N–H and O–H groups in total. The second-order valence-electron chi connectivity index (χ2n) is 4.84. The Balaban J connectivity index is 2.01. The minimum Gasteiger partial charge on any atom is -0.495 e. The number of rotatable bonds is 4. The first kappa shape index (κ1) is 13.7. The summed E-state index contributed by atoms with van der Waals surface area (Å²) in [5.41, 5.74) is 6.81. The van der Waals surface area contributed by atoms with Crippen molar-refractivity contribution in [1.82, 2.24) is 5.32 Å². The van der Waals surface area contributed by atoms with Crippen molar-refractivity contribution in [3.05, 3.63) is 23.8 Å². The van der Waals surface area contributed by atoms with Crippen LogP contribution in [0.4, 0.5) is 5.69 Å². The van der Waals surface area contributed by atoms with Crippen LogP contribution in [0.15, 0.2) is 18.2 Å². The van der Waals surface area contributed by atoms with Gasteiger partial charge in [-0.25, -0.2) is 0 Å². The molecule has 104 valence electrons. The summed E-state index contributed by atoms with van der Waals surface area (Å²) < 4.78 is 10.4. The molecular weight excluding hydrogens is 244 g/mol. The summed E-state index contributed by atoms with van der Waals surface area (Å²) in [6.45, 7) is 3.50. The average Bonchev–Trinajstić information content (AvgIpc) is 2.92. The summed E-state index contributed by atoms with van der Waals surface area (Å²) in [4.78, 5) is 12.1. The predicted molar refractivity (Wildman–Crippen MR) is 73.3 cm³/mol. The lowest BCUT2D eigenvalue weighted by molar-refractivity contribution is 0.0922. The fourth-order valence-electron chi connectivity index (χ4n) is 2.23. The fraction of sp³-hybridized carbons (Fsp3) is 0.500. The molecule has 1 aromatic rings. The lowest BCUT2D eigenvalue weighted by Crippen LogP contribution is -2.38. The van der Waals surface area contributed by atoms with Crippen LogP contribution in [-0.4, -0.2) is 32.3 Å². The van der Waals surface area contributed by atoms with E-state index in [0.717, 1.165) is 13.0 Å². The molecule has 1 saturated heterocycles. The number of nitrogens with two attached hydrogens (primary N) is 1. The van der Waals surface area contributed by atoms with E-state index in [4.69, 9.17) is 15.2 Å². The molecule has 1 heterocycles. The van der Waals surface area contributed by atoms with Gasteiger partial charge >= 0.3 is 0 Å². The fourth-order valence-corrected chi connectivity index (χ4v) is 2.23. The molecule has 2 rings (SSSR count). The molecule has 19 heavy (non-hydrogen) atoms. The minimum atomic E-state index is -0.117. The lowest BCUT2D eigenvalue weighted by Gasteiger charge is -2.19. The topological polar surface area (TPSA) is 73.6 Å². The van der Waals surface area contributed by atoms with Crippen LogP contribution in [-0.2, 0) is 4.74 Å². The van der Waals surface area contributed by atoms with Crippen LogP contribution < -0.4 is 15.8 Å². The van der Waals surface area contributed by atoms with Crippen LogP contribution in [0.25, 0.3) is 0 Å². The van der Waals surface area contributed by atoms with E-state index in [1.807, 2.05) is 6.92 Å². The molecule has 0 saturated carbocycles. The highest BCUT2D eigenvalue weighted by Crippen LogP contribution is 2.22. The quantitative estimate of drug-likeness (QED) is 0.807. The zero-order chi connectivity index (χ0) is 13.8. The van der Waals surface area contributed by atoms with E-state index in [9.17, 15) is 4.79 Å². The molecule has 2 unspecified atom stereocenters. The van der Waals surface area contributed by atoms with Crippen molar-refractivity contribution in [1.29, 1.82) is 0 Å². The number of amides is 1. The number of benzene rings is 1. The Hall–Kier alpha value is -1.75. The number of nitrogen functional groups attached to an aromatic ring is 1. The number of ether oxygens (including phenoxy) is 2. The summed E-state index contributed by atoms with van der Waals surface area (Å²) in [7, 11) is 1.55. The summed E-state index contributed by atoms with van der Waals surface area (Å²) >= 11 is 0. The summed E-state index contributed by atoms with van der Waals surface area (Å²) in [5.74, 6) is 0.849. The Bertz CT molecular complexity index is 456. The second kappa shape index (κ2) is 5.93. The average molecular weight is 264 g/mol. The number of hydrogen-bond donors (Lipinski definition) is 2. The second-order valence-corrected chi connectivity index (χ2v) is 4.84. The Kier molecular flexibility index (Phi) is 4.27. The van der Waals surface area contributed by atoms with E-state index in [0.29, 0.717) is 29.5 Å². The Labute approximate surface area is 113 Å². The molecule has 0 spiro atoms. The van der Waals surface area contributed by atoms with Gasteiger partial charge in [0, 0.05) is 24.1 Å². The summed E-state index contributed by atoms with van der Waals surface area (Å²) in [6, 6.07) is 5.14. The van der Waals surface area contributed by atoms with Gasteiger partial charge in [-0.05, 0) is 31.5 Å². The number of hydrogen-bond acceptors (Lipinski definition) is 4. The molecule has 5 heteroatoms. The number of methoxy groups -OCH3 is 1. The maximum absolute atomic E-state index is 12.1. The maximum atomic E-state index is 12.1. The molecule has 1 amide bonds. The van der Waals surface area contributed by atoms with Crippen LogP contribution in [0.1, 0.15) is 23.7 Å². The normalized spacial score (nSPS) is 20.0. The van der Waals surface area contributed by atoms with Crippen molar-refractivity contribution in [3.63, 3.8) is 0 Å². The van der Waals surface area contributed by atoms with Crippen LogP contribution in [0.5, 0.6) is 5.75 Å². The first-order chi connectivity index (χ1) is 9.11. The standard InChI is InChI=1S/C14H20N2O3/c1-9(11-5-6-19-8-11)16-14(17)10-3-4-13(18-2)12(15)7-10/h3-4,7,9,11H,5-6,8,15H2,1-2H3,(H,16,17). The molecule has 5 nitrogen and oxygen atoms in total. The van der Waals surface area contributed by atoms with Gasteiger partial charge in [-0.1, -0.05) is 0 Å². The van der Waals surface area contributed by atoms with Crippen molar-refractivity contribution in [3.8, 4) is 5.75 Å². The van der Waals surface area contributed by atoms with E-state index in [1.165, 1.54) is 0 Å². The first-order valence-electron chi connectivity index (χ1n) is 6.44. The smallest absolute Gasteiger partial charge is 0.251 e.